The fraction of sp³-hybridized carbons (Fsp3) is 0. The highest BCUT2D eigenvalue weighted by molar-refractivity contribution is 5.30. The van der Waals surface area contributed by atoms with Crippen LogP contribution in [0.4, 0.5) is 0 Å². The Morgan fingerprint density at radius 3 is 1.67 bits per heavy atom. The second kappa shape index (κ2) is 2.94. The molecule has 0 saturated heterocycles. The molecule has 50 valence electrons. The molecule has 0 unspecified atom stereocenters. The Morgan fingerprint density at radius 2 is 1.44 bits per heavy atom. The average Bonchev–Trinajstić information content (AvgIpc) is 1.64. The lowest BCUT2D eigenvalue weighted by Crippen LogP contribution is -1.61. The minimum Gasteiger partial charge on any atom is -0.508 e. The van der Waals surface area contributed by atoms with Gasteiger partial charge in [-0.25, -0.2) is 0 Å². The van der Waals surface area contributed by atoms with Crippen LogP contribution >= 0.6 is 0 Å². The van der Waals surface area contributed by atoms with Crippen molar-refractivity contribution < 1.29 is 10.2 Å². The Balaban J connectivity index is 0.000000640. The summed E-state index contributed by atoms with van der Waals surface area (Å²) >= 11 is 0. The van der Waals surface area contributed by atoms with E-state index in [1.54, 1.807) is 6.07 Å². The lowest BCUT2D eigenvalue weighted by atomic mass is 10.3. The minimum absolute atomic E-state index is 0. The molecule has 0 aromatic heterocycles. The van der Waals surface area contributed by atoms with Crippen LogP contribution < -0.4 is 6.15 Å². The van der Waals surface area contributed by atoms with Crippen molar-refractivity contribution >= 4 is 0 Å². The van der Waals surface area contributed by atoms with Crippen LogP contribution in [0.1, 0.15) is 0 Å². The van der Waals surface area contributed by atoms with Crippen molar-refractivity contribution in [2.24, 2.45) is 0 Å². The fourth-order valence-corrected chi connectivity index (χ4v) is 0.493. The summed E-state index contributed by atoms with van der Waals surface area (Å²) in [6.07, 6.45) is 0. The van der Waals surface area contributed by atoms with Gasteiger partial charge >= 0.3 is 0 Å². The quantitative estimate of drug-likeness (QED) is 0.491. The number of phenolic OH excluding ortho intramolecular Hbond substituents is 2. The van der Waals surface area contributed by atoms with Gasteiger partial charge in [0.25, 0.3) is 0 Å². The predicted molar refractivity (Wildman–Crippen MR) is 34.8 cm³/mol. The van der Waals surface area contributed by atoms with Gasteiger partial charge in [-0.3, -0.25) is 0 Å². The Kier molecular flexibility index (Phi) is 2.54. The van der Waals surface area contributed by atoms with Crippen LogP contribution in [0.15, 0.2) is 24.3 Å². The molecule has 5 N–H and O–H groups in total. The van der Waals surface area contributed by atoms with Gasteiger partial charge in [0.15, 0.2) is 0 Å². The third-order valence-electron chi connectivity index (χ3n) is 0.830. The van der Waals surface area contributed by atoms with E-state index < -0.39 is 0 Å². The Labute approximate surface area is 53.2 Å². The van der Waals surface area contributed by atoms with Crippen molar-refractivity contribution in [1.29, 1.82) is 0 Å². The van der Waals surface area contributed by atoms with E-state index in [1.165, 1.54) is 18.2 Å². The molecule has 0 saturated carbocycles. The van der Waals surface area contributed by atoms with E-state index in [0.717, 1.165) is 0 Å². The number of phenols is 2. The topological polar surface area (TPSA) is 75.5 Å². The van der Waals surface area contributed by atoms with Crippen LogP contribution in [0.25, 0.3) is 0 Å². The van der Waals surface area contributed by atoms with E-state index in [4.69, 9.17) is 10.2 Å². The molecule has 0 atom stereocenters. The lowest BCUT2D eigenvalue weighted by Gasteiger charge is -1.89. The van der Waals surface area contributed by atoms with Crippen molar-refractivity contribution in [3.8, 4) is 11.5 Å². The number of benzene rings is 1. The zero-order chi connectivity index (χ0) is 5.98. The SMILES string of the molecule is N.Oc1cccc(O)c1. The molecule has 1 rings (SSSR count). The van der Waals surface area contributed by atoms with E-state index in [1.807, 2.05) is 0 Å². The summed E-state index contributed by atoms with van der Waals surface area (Å²) in [7, 11) is 0. The molecule has 0 aliphatic carbocycles. The van der Waals surface area contributed by atoms with Crippen molar-refractivity contribution in [3.05, 3.63) is 24.3 Å². The summed E-state index contributed by atoms with van der Waals surface area (Å²) in [6, 6.07) is 5.85. The zero-order valence-electron chi connectivity index (χ0n) is 4.91. The van der Waals surface area contributed by atoms with E-state index in [0.29, 0.717) is 0 Å². The first-order valence-electron chi connectivity index (χ1n) is 2.27. The number of rotatable bonds is 0. The van der Waals surface area contributed by atoms with Gasteiger partial charge in [0, 0.05) is 6.07 Å². The van der Waals surface area contributed by atoms with Crippen LogP contribution in [0.2, 0.25) is 0 Å². The van der Waals surface area contributed by atoms with Crippen molar-refractivity contribution in [1.82, 2.24) is 6.15 Å². The first-order valence-corrected chi connectivity index (χ1v) is 2.27. The summed E-state index contributed by atoms with van der Waals surface area (Å²) < 4.78 is 0. The van der Waals surface area contributed by atoms with Crippen LogP contribution in [-0.4, -0.2) is 10.2 Å². The summed E-state index contributed by atoms with van der Waals surface area (Å²) in [4.78, 5) is 0. The van der Waals surface area contributed by atoms with E-state index >= 15 is 0 Å². The maximum atomic E-state index is 8.65. The third-order valence-corrected chi connectivity index (χ3v) is 0.830. The molecule has 1 aromatic carbocycles. The van der Waals surface area contributed by atoms with Gasteiger partial charge in [0.05, 0.1) is 0 Å². The van der Waals surface area contributed by atoms with Crippen molar-refractivity contribution in [3.63, 3.8) is 0 Å². The van der Waals surface area contributed by atoms with Crippen molar-refractivity contribution in [2.45, 2.75) is 0 Å². The molecule has 0 radical (unpaired) electrons. The minimum atomic E-state index is 0. The Bertz CT molecular complexity index is 171. The molecule has 0 amide bonds. The van der Waals surface area contributed by atoms with E-state index in [2.05, 4.69) is 0 Å². The summed E-state index contributed by atoms with van der Waals surface area (Å²) in [5.74, 6) is 0.176. The number of hydrogen-bond donors (Lipinski definition) is 3. The monoisotopic (exact) mass is 127 g/mol. The van der Waals surface area contributed by atoms with Gasteiger partial charge in [-0.2, -0.15) is 0 Å². The highest BCUT2D eigenvalue weighted by Gasteiger charge is 1.85. The van der Waals surface area contributed by atoms with Gasteiger partial charge in [0.1, 0.15) is 11.5 Å². The number of hydrogen-bond acceptors (Lipinski definition) is 3. The number of aromatic hydroxyl groups is 2. The van der Waals surface area contributed by atoms with Crippen molar-refractivity contribution in [2.75, 3.05) is 0 Å². The zero-order valence-corrected chi connectivity index (χ0v) is 4.91. The second-order valence-electron chi connectivity index (χ2n) is 1.52. The molecular weight excluding hydrogens is 118 g/mol. The van der Waals surface area contributed by atoms with Gasteiger partial charge in [-0.05, 0) is 12.1 Å². The summed E-state index contributed by atoms with van der Waals surface area (Å²) in [5.41, 5.74) is 0. The maximum absolute atomic E-state index is 8.65. The highest BCUT2D eigenvalue weighted by atomic mass is 16.3. The molecule has 0 aliphatic heterocycles. The third kappa shape index (κ3) is 2.01. The van der Waals surface area contributed by atoms with E-state index in [-0.39, 0.29) is 17.6 Å². The maximum Gasteiger partial charge on any atom is 0.119 e. The molecule has 0 aliphatic rings. The Hall–Kier alpha value is -1.22. The van der Waals surface area contributed by atoms with Crippen LogP contribution in [0, 0.1) is 0 Å². The lowest BCUT2D eigenvalue weighted by molar-refractivity contribution is 0.450. The molecule has 3 heteroatoms. The summed E-state index contributed by atoms with van der Waals surface area (Å²) in [6.45, 7) is 0. The van der Waals surface area contributed by atoms with E-state index in [9.17, 15) is 0 Å². The first-order chi connectivity index (χ1) is 3.79. The Morgan fingerprint density at radius 1 is 1.00 bits per heavy atom. The predicted octanol–water partition coefficient (Wildman–Crippen LogP) is 1.26. The molecule has 9 heavy (non-hydrogen) atoms. The molecule has 0 fully saturated rings. The van der Waals surface area contributed by atoms with Gasteiger partial charge in [-0.15, -0.1) is 0 Å². The highest BCUT2D eigenvalue weighted by Crippen LogP contribution is 2.14. The standard InChI is InChI=1S/C6H6O2.H3N/c7-5-2-1-3-6(8)4-5;/h1-4,7-8H;1H3. The first kappa shape index (κ1) is 7.78. The fourth-order valence-electron chi connectivity index (χ4n) is 0.493. The van der Waals surface area contributed by atoms with Gasteiger partial charge in [0.2, 0.25) is 0 Å². The average molecular weight is 127 g/mol. The molecular formula is C6H9NO2. The van der Waals surface area contributed by atoms with Crippen LogP contribution in [0.5, 0.6) is 11.5 Å². The molecule has 0 bridgehead atoms. The summed E-state index contributed by atoms with van der Waals surface area (Å²) in [5, 5.41) is 17.3. The normalized spacial score (nSPS) is 8.00. The smallest absolute Gasteiger partial charge is 0.119 e. The molecule has 0 heterocycles. The molecule has 1 aromatic rings. The van der Waals surface area contributed by atoms with Gasteiger partial charge in [-0.1, -0.05) is 6.07 Å². The largest absolute Gasteiger partial charge is 0.508 e. The van der Waals surface area contributed by atoms with Crippen LogP contribution in [-0.2, 0) is 0 Å². The molecule has 3 nitrogen and oxygen atoms in total. The second-order valence-corrected chi connectivity index (χ2v) is 1.52. The molecule has 0 spiro atoms. The van der Waals surface area contributed by atoms with Crippen LogP contribution in [0.3, 0.4) is 0 Å². The van der Waals surface area contributed by atoms with Gasteiger partial charge < -0.3 is 16.4 Å².